The number of benzene rings is 1. The van der Waals surface area contributed by atoms with E-state index in [1.165, 1.54) is 0 Å². The molecule has 1 aromatic rings. The van der Waals surface area contributed by atoms with Crippen LogP contribution in [-0.4, -0.2) is 24.7 Å². The van der Waals surface area contributed by atoms with Crippen LogP contribution in [0.5, 0.6) is 0 Å². The molecule has 1 aromatic carbocycles. The standard InChI is InChI=1S/C16H20ClN3O/c1-3-9-19-16(20-10-4-2)14(11-18)15(21)12-5-7-13(17)8-6-12/h5-8,14H,3-4,9-10H2,1-2H3,(H,19,20). The Morgan fingerprint density at radius 3 is 2.52 bits per heavy atom. The first-order valence-corrected chi connectivity index (χ1v) is 7.49. The molecule has 1 atom stereocenters. The number of rotatable bonds is 7. The molecule has 1 rings (SSSR count). The Labute approximate surface area is 130 Å². The second-order valence-corrected chi connectivity index (χ2v) is 5.06. The number of nitrogens with one attached hydrogen (secondary N) is 1. The molecule has 0 bridgehead atoms. The summed E-state index contributed by atoms with van der Waals surface area (Å²) < 4.78 is 0. The Morgan fingerprint density at radius 1 is 1.33 bits per heavy atom. The molecule has 0 saturated carbocycles. The van der Waals surface area contributed by atoms with Crippen molar-refractivity contribution in [3.8, 4) is 6.07 Å². The highest BCUT2D eigenvalue weighted by Crippen LogP contribution is 2.14. The van der Waals surface area contributed by atoms with Gasteiger partial charge in [-0.25, -0.2) is 0 Å². The molecule has 1 unspecified atom stereocenters. The highest BCUT2D eigenvalue weighted by molar-refractivity contribution is 6.30. The van der Waals surface area contributed by atoms with Crippen molar-refractivity contribution in [2.45, 2.75) is 26.7 Å². The molecule has 112 valence electrons. The lowest BCUT2D eigenvalue weighted by atomic mass is 9.97. The van der Waals surface area contributed by atoms with Gasteiger partial charge in [0.05, 0.1) is 6.07 Å². The summed E-state index contributed by atoms with van der Waals surface area (Å²) in [6.07, 6.45) is 1.77. The highest BCUT2D eigenvalue weighted by atomic mass is 35.5. The van der Waals surface area contributed by atoms with Gasteiger partial charge >= 0.3 is 0 Å². The molecule has 1 N–H and O–H groups in total. The summed E-state index contributed by atoms with van der Waals surface area (Å²) in [6.45, 7) is 5.31. The Bertz CT molecular complexity index is 531. The Balaban J connectivity index is 2.99. The van der Waals surface area contributed by atoms with Gasteiger partial charge in [-0.3, -0.25) is 9.79 Å². The van der Waals surface area contributed by atoms with Gasteiger partial charge < -0.3 is 5.32 Å². The predicted molar refractivity (Wildman–Crippen MR) is 85.8 cm³/mol. The largest absolute Gasteiger partial charge is 0.372 e. The van der Waals surface area contributed by atoms with Crippen LogP contribution in [0.2, 0.25) is 5.02 Å². The van der Waals surface area contributed by atoms with Crippen molar-refractivity contribution in [1.82, 2.24) is 5.32 Å². The van der Waals surface area contributed by atoms with Crippen molar-refractivity contribution in [2.24, 2.45) is 10.9 Å². The third-order valence-electron chi connectivity index (χ3n) is 2.86. The van der Waals surface area contributed by atoms with E-state index < -0.39 is 5.92 Å². The van der Waals surface area contributed by atoms with Crippen molar-refractivity contribution in [2.75, 3.05) is 13.1 Å². The Hall–Kier alpha value is -1.86. The third-order valence-corrected chi connectivity index (χ3v) is 3.11. The number of ketones is 1. The summed E-state index contributed by atoms with van der Waals surface area (Å²) in [4.78, 5) is 16.8. The number of aliphatic imine (C=N–C) groups is 1. The van der Waals surface area contributed by atoms with Crippen LogP contribution in [0.4, 0.5) is 0 Å². The highest BCUT2D eigenvalue weighted by Gasteiger charge is 2.25. The maximum Gasteiger partial charge on any atom is 0.187 e. The second-order valence-electron chi connectivity index (χ2n) is 4.63. The van der Waals surface area contributed by atoms with Gasteiger partial charge in [0, 0.05) is 23.7 Å². The van der Waals surface area contributed by atoms with Gasteiger partial charge in [-0.05, 0) is 37.1 Å². The van der Waals surface area contributed by atoms with E-state index in [1.807, 2.05) is 13.8 Å². The van der Waals surface area contributed by atoms with E-state index in [-0.39, 0.29) is 5.78 Å². The molecule has 5 heteroatoms. The van der Waals surface area contributed by atoms with Crippen LogP contribution >= 0.6 is 11.6 Å². The monoisotopic (exact) mass is 305 g/mol. The Morgan fingerprint density at radius 2 is 2.00 bits per heavy atom. The molecule has 0 radical (unpaired) electrons. The second kappa shape index (κ2) is 9.15. The first kappa shape index (κ1) is 17.2. The minimum absolute atomic E-state index is 0.257. The van der Waals surface area contributed by atoms with Crippen LogP contribution in [0.3, 0.4) is 0 Å². The van der Waals surface area contributed by atoms with Gasteiger partial charge in [0.15, 0.2) is 11.7 Å². The number of carbonyl (C=O) groups excluding carboxylic acids is 1. The van der Waals surface area contributed by atoms with E-state index in [0.29, 0.717) is 29.5 Å². The average molecular weight is 306 g/mol. The van der Waals surface area contributed by atoms with E-state index in [2.05, 4.69) is 16.4 Å². The molecular formula is C16H20ClN3O. The quantitative estimate of drug-likeness (QED) is 0.476. The lowest BCUT2D eigenvalue weighted by Crippen LogP contribution is -2.35. The van der Waals surface area contributed by atoms with E-state index in [1.54, 1.807) is 24.3 Å². The van der Waals surface area contributed by atoms with Crippen LogP contribution in [0.15, 0.2) is 29.3 Å². The van der Waals surface area contributed by atoms with E-state index in [4.69, 9.17) is 11.6 Å². The number of hydrogen-bond donors (Lipinski definition) is 1. The van der Waals surface area contributed by atoms with Crippen molar-refractivity contribution in [3.63, 3.8) is 0 Å². The summed E-state index contributed by atoms with van der Waals surface area (Å²) in [5.41, 5.74) is 0.466. The maximum atomic E-state index is 12.5. The molecule has 0 aliphatic carbocycles. The Kier molecular flexibility index (Phi) is 7.49. The normalized spacial score (nSPS) is 12.6. The van der Waals surface area contributed by atoms with Crippen molar-refractivity contribution >= 4 is 23.2 Å². The molecule has 0 fully saturated rings. The molecule has 21 heavy (non-hydrogen) atoms. The number of halogens is 1. The van der Waals surface area contributed by atoms with Crippen molar-refractivity contribution in [1.29, 1.82) is 5.26 Å². The molecule has 0 saturated heterocycles. The first-order valence-electron chi connectivity index (χ1n) is 7.11. The fraction of sp³-hybridized carbons (Fsp3) is 0.438. The van der Waals surface area contributed by atoms with Gasteiger partial charge in [-0.15, -0.1) is 0 Å². The molecule has 0 heterocycles. The van der Waals surface area contributed by atoms with Crippen molar-refractivity contribution < 1.29 is 4.79 Å². The first-order chi connectivity index (χ1) is 10.1. The molecular weight excluding hydrogens is 286 g/mol. The fourth-order valence-electron chi connectivity index (χ4n) is 1.76. The van der Waals surface area contributed by atoms with Crippen LogP contribution in [0, 0.1) is 17.2 Å². The van der Waals surface area contributed by atoms with Crippen LogP contribution in [-0.2, 0) is 0 Å². The number of hydrogen-bond acceptors (Lipinski definition) is 3. The lowest BCUT2D eigenvalue weighted by molar-refractivity contribution is 0.0974. The fourth-order valence-corrected chi connectivity index (χ4v) is 1.89. The zero-order valence-corrected chi connectivity index (χ0v) is 13.2. The minimum Gasteiger partial charge on any atom is -0.372 e. The number of carbonyl (C=O) groups is 1. The molecule has 0 aliphatic rings. The van der Waals surface area contributed by atoms with Gasteiger partial charge in [0.25, 0.3) is 0 Å². The zero-order chi connectivity index (χ0) is 15.7. The predicted octanol–water partition coefficient (Wildman–Crippen LogP) is 3.47. The van der Waals surface area contributed by atoms with Gasteiger partial charge in [-0.1, -0.05) is 25.4 Å². The molecule has 0 aromatic heterocycles. The molecule has 0 spiro atoms. The SMILES string of the molecule is CCCN=C(NCCC)C(C#N)C(=O)c1ccc(Cl)cc1. The summed E-state index contributed by atoms with van der Waals surface area (Å²) >= 11 is 5.82. The van der Waals surface area contributed by atoms with E-state index in [0.717, 1.165) is 12.8 Å². The van der Waals surface area contributed by atoms with Crippen molar-refractivity contribution in [3.05, 3.63) is 34.9 Å². The van der Waals surface area contributed by atoms with Crippen LogP contribution < -0.4 is 5.32 Å². The van der Waals surface area contributed by atoms with Gasteiger partial charge in [-0.2, -0.15) is 5.26 Å². The topological polar surface area (TPSA) is 65.2 Å². The molecule has 4 nitrogen and oxygen atoms in total. The smallest absolute Gasteiger partial charge is 0.187 e. The number of amidine groups is 1. The summed E-state index contributed by atoms with van der Waals surface area (Å²) in [6, 6.07) is 8.61. The molecule has 0 amide bonds. The van der Waals surface area contributed by atoms with Crippen LogP contribution in [0.25, 0.3) is 0 Å². The zero-order valence-electron chi connectivity index (χ0n) is 12.4. The maximum absolute atomic E-state index is 12.5. The summed E-state index contributed by atoms with van der Waals surface area (Å²) in [7, 11) is 0. The summed E-state index contributed by atoms with van der Waals surface area (Å²) in [5, 5.41) is 13.0. The average Bonchev–Trinajstić information content (AvgIpc) is 2.50. The number of nitriles is 1. The summed E-state index contributed by atoms with van der Waals surface area (Å²) in [5.74, 6) is -0.696. The lowest BCUT2D eigenvalue weighted by Gasteiger charge is -2.14. The van der Waals surface area contributed by atoms with Gasteiger partial charge in [0.2, 0.25) is 0 Å². The van der Waals surface area contributed by atoms with E-state index in [9.17, 15) is 10.1 Å². The third kappa shape index (κ3) is 5.20. The van der Waals surface area contributed by atoms with Crippen LogP contribution in [0.1, 0.15) is 37.0 Å². The van der Waals surface area contributed by atoms with E-state index >= 15 is 0 Å². The minimum atomic E-state index is -0.899. The molecule has 0 aliphatic heterocycles. The van der Waals surface area contributed by atoms with Gasteiger partial charge in [0.1, 0.15) is 5.84 Å². The number of nitrogens with zero attached hydrogens (tertiary/aromatic N) is 2. The number of Topliss-reactive ketones (excluding diaryl/α,β-unsaturated/α-hetero) is 1.